The molecule has 0 atom stereocenters. The first-order valence-electron chi connectivity index (χ1n) is 6.52. The van der Waals surface area contributed by atoms with Crippen LogP contribution < -0.4 is 10.2 Å². The molecule has 1 N–H and O–H groups in total. The fourth-order valence-electron chi connectivity index (χ4n) is 1.64. The number of ether oxygens (including phenoxy) is 1. The Morgan fingerprint density at radius 3 is 2.68 bits per heavy atom. The van der Waals surface area contributed by atoms with E-state index in [0.29, 0.717) is 16.5 Å². The molecule has 114 valence electrons. The Hall–Kier alpha value is -1.85. The normalized spacial score (nSPS) is 11.1. The van der Waals surface area contributed by atoms with E-state index in [4.69, 9.17) is 16.3 Å². The van der Waals surface area contributed by atoms with Gasteiger partial charge in [-0.3, -0.25) is 4.79 Å². The van der Waals surface area contributed by atoms with E-state index < -0.39 is 0 Å². The van der Waals surface area contributed by atoms with Crippen LogP contribution in [0.1, 0.15) is 12.5 Å². The second-order valence-electron chi connectivity index (χ2n) is 4.49. The van der Waals surface area contributed by atoms with Gasteiger partial charge in [0.25, 0.3) is 5.91 Å². The maximum Gasteiger partial charge on any atom is 0.277 e. The van der Waals surface area contributed by atoms with E-state index in [-0.39, 0.29) is 12.5 Å². The fraction of sp³-hybridized carbons (Fsp3) is 0.125. The smallest absolute Gasteiger partial charge is 0.277 e. The Bertz CT molecular complexity index is 687. The minimum atomic E-state index is -0.326. The summed E-state index contributed by atoms with van der Waals surface area (Å²) in [6.07, 6.45) is 0. The van der Waals surface area contributed by atoms with Gasteiger partial charge in [-0.25, -0.2) is 5.43 Å². The lowest BCUT2D eigenvalue weighted by Crippen LogP contribution is -2.25. The van der Waals surface area contributed by atoms with Crippen molar-refractivity contribution in [1.82, 2.24) is 5.43 Å². The highest BCUT2D eigenvalue weighted by molar-refractivity contribution is 9.10. The Labute approximate surface area is 142 Å². The number of benzene rings is 2. The molecule has 0 aliphatic heterocycles. The van der Waals surface area contributed by atoms with Crippen molar-refractivity contribution < 1.29 is 9.53 Å². The lowest BCUT2D eigenvalue weighted by atomic mass is 10.1. The first kappa shape index (κ1) is 16.5. The minimum Gasteiger partial charge on any atom is -0.484 e. The van der Waals surface area contributed by atoms with Crippen molar-refractivity contribution in [3.05, 3.63) is 63.6 Å². The molecule has 2 aromatic rings. The van der Waals surface area contributed by atoms with E-state index in [9.17, 15) is 4.79 Å². The summed E-state index contributed by atoms with van der Waals surface area (Å²) < 4.78 is 6.26. The maximum absolute atomic E-state index is 11.7. The lowest BCUT2D eigenvalue weighted by molar-refractivity contribution is -0.123. The van der Waals surface area contributed by atoms with E-state index in [0.717, 1.165) is 10.0 Å². The molecule has 0 bridgehead atoms. The van der Waals surface area contributed by atoms with Crippen molar-refractivity contribution >= 4 is 39.1 Å². The van der Waals surface area contributed by atoms with Crippen molar-refractivity contribution in [2.45, 2.75) is 6.92 Å². The van der Waals surface area contributed by atoms with Gasteiger partial charge in [-0.15, -0.1) is 0 Å². The Balaban J connectivity index is 1.86. The molecule has 1 amide bonds. The van der Waals surface area contributed by atoms with Gasteiger partial charge in [-0.05, 0) is 42.8 Å². The van der Waals surface area contributed by atoms with Crippen LogP contribution in [0.25, 0.3) is 0 Å². The highest BCUT2D eigenvalue weighted by Gasteiger charge is 2.03. The molecule has 6 heteroatoms. The topological polar surface area (TPSA) is 50.7 Å². The number of rotatable bonds is 5. The van der Waals surface area contributed by atoms with Crippen LogP contribution in [0, 0.1) is 0 Å². The molecule has 0 unspecified atom stereocenters. The van der Waals surface area contributed by atoms with Crippen LogP contribution in [0.2, 0.25) is 5.02 Å². The molecule has 0 saturated heterocycles. The summed E-state index contributed by atoms with van der Waals surface area (Å²) in [6, 6.07) is 14.5. The third kappa shape index (κ3) is 5.16. The lowest BCUT2D eigenvalue weighted by Gasteiger charge is -2.06. The van der Waals surface area contributed by atoms with Crippen LogP contribution >= 0.6 is 27.5 Å². The number of nitrogens with one attached hydrogen (secondary N) is 1. The van der Waals surface area contributed by atoms with Crippen LogP contribution in [0.15, 0.2) is 58.1 Å². The first-order chi connectivity index (χ1) is 10.5. The van der Waals surface area contributed by atoms with E-state index in [1.165, 1.54) is 0 Å². The fourth-order valence-corrected chi connectivity index (χ4v) is 2.14. The number of amides is 1. The predicted molar refractivity (Wildman–Crippen MR) is 91.4 cm³/mol. The van der Waals surface area contributed by atoms with E-state index in [2.05, 4.69) is 26.5 Å². The van der Waals surface area contributed by atoms with Gasteiger partial charge in [0, 0.05) is 9.50 Å². The standard InChI is InChI=1S/C16H14BrClN2O2/c1-11(12-5-7-14(18)8-6-12)19-20-16(21)10-22-15-4-2-3-13(17)9-15/h2-9H,10H2,1H3,(H,20,21)/b19-11+. The highest BCUT2D eigenvalue weighted by Crippen LogP contribution is 2.17. The molecule has 0 heterocycles. The first-order valence-corrected chi connectivity index (χ1v) is 7.69. The largest absolute Gasteiger partial charge is 0.484 e. The van der Waals surface area contributed by atoms with Crippen LogP contribution in [0.5, 0.6) is 5.75 Å². The third-order valence-corrected chi connectivity index (χ3v) is 3.52. The molecule has 0 aliphatic rings. The van der Waals surface area contributed by atoms with Crippen molar-refractivity contribution in [2.24, 2.45) is 5.10 Å². The number of carbonyl (C=O) groups excluding carboxylic acids is 1. The van der Waals surface area contributed by atoms with Gasteiger partial charge in [0.2, 0.25) is 0 Å². The van der Waals surface area contributed by atoms with Crippen LogP contribution in [0.3, 0.4) is 0 Å². The molecule has 0 aliphatic carbocycles. The Morgan fingerprint density at radius 2 is 2.00 bits per heavy atom. The molecule has 0 spiro atoms. The Morgan fingerprint density at radius 1 is 1.27 bits per heavy atom. The van der Waals surface area contributed by atoms with Gasteiger partial charge in [-0.1, -0.05) is 45.7 Å². The van der Waals surface area contributed by atoms with E-state index in [1.54, 1.807) is 31.2 Å². The van der Waals surface area contributed by atoms with E-state index in [1.807, 2.05) is 24.3 Å². The molecule has 2 rings (SSSR count). The Kier molecular flexibility index (Phi) is 5.98. The average molecular weight is 382 g/mol. The molecule has 0 radical (unpaired) electrons. The predicted octanol–water partition coefficient (Wildman–Crippen LogP) is 4.02. The average Bonchev–Trinajstić information content (AvgIpc) is 2.51. The van der Waals surface area contributed by atoms with E-state index >= 15 is 0 Å². The highest BCUT2D eigenvalue weighted by atomic mass is 79.9. The monoisotopic (exact) mass is 380 g/mol. The molecule has 0 fully saturated rings. The van der Waals surface area contributed by atoms with Gasteiger partial charge in [-0.2, -0.15) is 5.10 Å². The molecule has 0 aromatic heterocycles. The maximum atomic E-state index is 11.7. The minimum absolute atomic E-state index is 0.103. The quantitative estimate of drug-likeness (QED) is 0.628. The van der Waals surface area contributed by atoms with Gasteiger partial charge in [0.1, 0.15) is 5.75 Å². The van der Waals surface area contributed by atoms with Crippen molar-refractivity contribution in [3.8, 4) is 5.75 Å². The number of nitrogens with zero attached hydrogens (tertiary/aromatic N) is 1. The number of hydrazone groups is 1. The van der Waals surface area contributed by atoms with Crippen molar-refractivity contribution in [3.63, 3.8) is 0 Å². The molecular formula is C16H14BrClN2O2. The van der Waals surface area contributed by atoms with Gasteiger partial charge in [0.15, 0.2) is 6.61 Å². The van der Waals surface area contributed by atoms with Crippen LogP contribution in [-0.4, -0.2) is 18.2 Å². The summed E-state index contributed by atoms with van der Waals surface area (Å²) in [5, 5.41) is 4.69. The summed E-state index contributed by atoms with van der Waals surface area (Å²) in [4.78, 5) is 11.7. The molecule has 4 nitrogen and oxygen atoms in total. The second-order valence-corrected chi connectivity index (χ2v) is 5.84. The summed E-state index contributed by atoms with van der Waals surface area (Å²) in [6.45, 7) is 1.70. The zero-order valence-corrected chi connectivity index (χ0v) is 14.2. The zero-order valence-electron chi connectivity index (χ0n) is 11.8. The molecule has 22 heavy (non-hydrogen) atoms. The molecule has 2 aromatic carbocycles. The summed E-state index contributed by atoms with van der Waals surface area (Å²) in [7, 11) is 0. The number of halogens is 2. The summed E-state index contributed by atoms with van der Waals surface area (Å²) >= 11 is 9.16. The zero-order chi connectivity index (χ0) is 15.9. The van der Waals surface area contributed by atoms with Crippen molar-refractivity contribution in [1.29, 1.82) is 0 Å². The molecular weight excluding hydrogens is 368 g/mol. The number of carbonyl (C=O) groups is 1. The van der Waals surface area contributed by atoms with Gasteiger partial charge >= 0.3 is 0 Å². The summed E-state index contributed by atoms with van der Waals surface area (Å²) in [5.41, 5.74) is 4.03. The number of hydrogen-bond donors (Lipinski definition) is 1. The SMILES string of the molecule is C/C(=N\NC(=O)COc1cccc(Br)c1)c1ccc(Cl)cc1. The summed E-state index contributed by atoms with van der Waals surface area (Å²) in [5.74, 6) is 0.288. The second kappa shape index (κ2) is 7.96. The number of hydrogen-bond acceptors (Lipinski definition) is 3. The molecule has 0 saturated carbocycles. The van der Waals surface area contributed by atoms with Gasteiger partial charge in [0.05, 0.1) is 5.71 Å². The van der Waals surface area contributed by atoms with Crippen LogP contribution in [0.4, 0.5) is 0 Å². The van der Waals surface area contributed by atoms with Crippen LogP contribution in [-0.2, 0) is 4.79 Å². The van der Waals surface area contributed by atoms with Gasteiger partial charge < -0.3 is 4.74 Å². The third-order valence-electron chi connectivity index (χ3n) is 2.78. The van der Waals surface area contributed by atoms with Crippen molar-refractivity contribution in [2.75, 3.05) is 6.61 Å².